The van der Waals surface area contributed by atoms with Gasteiger partial charge in [0.05, 0.1) is 0 Å². The smallest absolute Gasteiger partial charge is 0.165 e. The second kappa shape index (κ2) is 6.00. The van der Waals surface area contributed by atoms with Gasteiger partial charge in [0, 0.05) is 12.2 Å². The Hall–Kier alpha value is -2.10. The Balaban J connectivity index is 1.78. The summed E-state index contributed by atoms with van der Waals surface area (Å²) < 4.78 is 31.3. The SMILES string of the molecule is Fc1cccc(NCCOc2ccccc2F)c1. The summed E-state index contributed by atoms with van der Waals surface area (Å²) in [6.07, 6.45) is 0. The zero-order valence-electron chi connectivity index (χ0n) is 9.70. The molecule has 0 aliphatic carbocycles. The molecule has 0 aliphatic heterocycles. The first-order valence-electron chi connectivity index (χ1n) is 5.62. The molecule has 0 atom stereocenters. The van der Waals surface area contributed by atoms with Gasteiger partial charge in [0.2, 0.25) is 0 Å². The summed E-state index contributed by atoms with van der Waals surface area (Å²) in [5, 5.41) is 2.99. The molecule has 4 heteroatoms. The van der Waals surface area contributed by atoms with Crippen LogP contribution in [0.5, 0.6) is 5.75 Å². The molecule has 0 unspecified atom stereocenters. The van der Waals surface area contributed by atoms with E-state index < -0.39 is 0 Å². The summed E-state index contributed by atoms with van der Waals surface area (Å²) >= 11 is 0. The molecule has 2 nitrogen and oxygen atoms in total. The predicted molar refractivity (Wildman–Crippen MR) is 66.8 cm³/mol. The molecule has 0 aromatic heterocycles. The Morgan fingerprint density at radius 2 is 1.83 bits per heavy atom. The molecule has 1 N–H and O–H groups in total. The minimum Gasteiger partial charge on any atom is -0.489 e. The van der Waals surface area contributed by atoms with Gasteiger partial charge in [-0.2, -0.15) is 0 Å². The molecule has 0 saturated heterocycles. The van der Waals surface area contributed by atoms with E-state index in [0.717, 1.165) is 0 Å². The van der Waals surface area contributed by atoms with Crippen molar-refractivity contribution in [3.63, 3.8) is 0 Å². The third kappa shape index (κ3) is 3.45. The Kier molecular flexibility index (Phi) is 4.12. The number of rotatable bonds is 5. The van der Waals surface area contributed by atoms with Crippen molar-refractivity contribution < 1.29 is 13.5 Å². The zero-order valence-corrected chi connectivity index (χ0v) is 9.70. The standard InChI is InChI=1S/C14H13F2NO/c15-11-4-3-5-12(10-11)17-8-9-18-14-7-2-1-6-13(14)16/h1-7,10,17H,8-9H2. The molecule has 0 fully saturated rings. The lowest BCUT2D eigenvalue weighted by molar-refractivity contribution is 0.315. The third-order valence-electron chi connectivity index (χ3n) is 2.35. The summed E-state index contributed by atoms with van der Waals surface area (Å²) in [5.74, 6) is -0.461. The van der Waals surface area contributed by atoms with Crippen molar-refractivity contribution in [1.29, 1.82) is 0 Å². The van der Waals surface area contributed by atoms with Crippen molar-refractivity contribution in [2.24, 2.45) is 0 Å². The van der Waals surface area contributed by atoms with Gasteiger partial charge in [0.1, 0.15) is 12.4 Å². The van der Waals surface area contributed by atoms with Crippen LogP contribution in [0.25, 0.3) is 0 Å². The highest BCUT2D eigenvalue weighted by Gasteiger charge is 2.00. The number of nitrogens with one attached hydrogen (secondary N) is 1. The van der Waals surface area contributed by atoms with Crippen LogP contribution in [0.2, 0.25) is 0 Å². The summed E-state index contributed by atoms with van der Waals surface area (Å²) in [7, 11) is 0. The van der Waals surface area contributed by atoms with E-state index >= 15 is 0 Å². The van der Waals surface area contributed by atoms with E-state index in [0.29, 0.717) is 18.8 Å². The maximum absolute atomic E-state index is 13.2. The molecular weight excluding hydrogens is 236 g/mol. The average Bonchev–Trinajstić information content (AvgIpc) is 2.37. The highest BCUT2D eigenvalue weighted by Crippen LogP contribution is 2.15. The van der Waals surface area contributed by atoms with Gasteiger partial charge >= 0.3 is 0 Å². The maximum Gasteiger partial charge on any atom is 0.165 e. The first-order valence-corrected chi connectivity index (χ1v) is 5.62. The van der Waals surface area contributed by atoms with E-state index in [2.05, 4.69) is 5.32 Å². The van der Waals surface area contributed by atoms with Crippen LogP contribution >= 0.6 is 0 Å². The number of hydrogen-bond acceptors (Lipinski definition) is 2. The first kappa shape index (κ1) is 12.4. The van der Waals surface area contributed by atoms with Crippen LogP contribution in [-0.4, -0.2) is 13.2 Å². The summed E-state index contributed by atoms with van der Waals surface area (Å²) in [6.45, 7) is 0.773. The molecule has 2 aromatic carbocycles. The van der Waals surface area contributed by atoms with Crippen LogP contribution in [0, 0.1) is 11.6 Å². The van der Waals surface area contributed by atoms with Gasteiger partial charge in [-0.25, -0.2) is 8.78 Å². The fourth-order valence-electron chi connectivity index (χ4n) is 1.52. The molecule has 94 valence electrons. The van der Waals surface area contributed by atoms with Crippen LogP contribution in [0.1, 0.15) is 0 Å². The zero-order chi connectivity index (χ0) is 12.8. The maximum atomic E-state index is 13.2. The number of anilines is 1. The molecule has 0 bridgehead atoms. The predicted octanol–water partition coefficient (Wildman–Crippen LogP) is 3.46. The van der Waals surface area contributed by atoms with Crippen LogP contribution in [0.4, 0.5) is 14.5 Å². The van der Waals surface area contributed by atoms with Gasteiger partial charge in [0.25, 0.3) is 0 Å². The van der Waals surface area contributed by atoms with Crippen LogP contribution in [0.15, 0.2) is 48.5 Å². The molecular formula is C14H13F2NO. The lowest BCUT2D eigenvalue weighted by Gasteiger charge is -2.09. The highest BCUT2D eigenvalue weighted by atomic mass is 19.1. The van der Waals surface area contributed by atoms with E-state index in [1.54, 1.807) is 30.3 Å². The lowest BCUT2D eigenvalue weighted by atomic mass is 10.3. The van der Waals surface area contributed by atoms with E-state index in [1.165, 1.54) is 18.2 Å². The number of ether oxygens (including phenoxy) is 1. The van der Waals surface area contributed by atoms with Gasteiger partial charge in [-0.05, 0) is 30.3 Å². The average molecular weight is 249 g/mol. The quantitative estimate of drug-likeness (QED) is 0.819. The van der Waals surface area contributed by atoms with Crippen molar-refractivity contribution in [3.8, 4) is 5.75 Å². The Morgan fingerprint density at radius 3 is 2.61 bits per heavy atom. The monoisotopic (exact) mass is 249 g/mol. The summed E-state index contributed by atoms with van der Waals surface area (Å²) in [5.41, 5.74) is 0.673. The summed E-state index contributed by atoms with van der Waals surface area (Å²) in [6, 6.07) is 12.4. The van der Waals surface area contributed by atoms with Crippen LogP contribution in [0.3, 0.4) is 0 Å². The van der Waals surface area contributed by atoms with Gasteiger partial charge < -0.3 is 10.1 Å². The van der Waals surface area contributed by atoms with E-state index in [1.807, 2.05) is 0 Å². The van der Waals surface area contributed by atoms with E-state index in [9.17, 15) is 8.78 Å². The molecule has 0 radical (unpaired) electrons. The molecule has 18 heavy (non-hydrogen) atoms. The van der Waals surface area contributed by atoms with Crippen molar-refractivity contribution >= 4 is 5.69 Å². The molecule has 0 heterocycles. The van der Waals surface area contributed by atoms with Gasteiger partial charge in [0.15, 0.2) is 11.6 Å². The number of hydrogen-bond donors (Lipinski definition) is 1. The van der Waals surface area contributed by atoms with Crippen LogP contribution < -0.4 is 10.1 Å². The molecule has 2 rings (SSSR count). The van der Waals surface area contributed by atoms with Crippen molar-refractivity contribution in [2.45, 2.75) is 0 Å². The van der Waals surface area contributed by atoms with E-state index in [4.69, 9.17) is 4.74 Å². The van der Waals surface area contributed by atoms with Gasteiger partial charge in [-0.1, -0.05) is 18.2 Å². The molecule has 2 aromatic rings. The highest BCUT2D eigenvalue weighted by molar-refractivity contribution is 5.42. The third-order valence-corrected chi connectivity index (χ3v) is 2.35. The first-order chi connectivity index (χ1) is 8.75. The van der Waals surface area contributed by atoms with E-state index in [-0.39, 0.29) is 17.4 Å². The molecule has 0 saturated carbocycles. The summed E-state index contributed by atoms with van der Waals surface area (Å²) in [4.78, 5) is 0. The van der Waals surface area contributed by atoms with Crippen molar-refractivity contribution in [2.75, 3.05) is 18.5 Å². The number of benzene rings is 2. The number of halogens is 2. The lowest BCUT2D eigenvalue weighted by Crippen LogP contribution is -2.12. The van der Waals surface area contributed by atoms with Crippen LogP contribution in [-0.2, 0) is 0 Å². The Morgan fingerprint density at radius 1 is 1.00 bits per heavy atom. The molecule has 0 spiro atoms. The topological polar surface area (TPSA) is 21.3 Å². The Bertz CT molecular complexity index is 517. The Labute approximate surface area is 104 Å². The fourth-order valence-corrected chi connectivity index (χ4v) is 1.52. The normalized spacial score (nSPS) is 10.1. The minimum absolute atomic E-state index is 0.221. The second-order valence-electron chi connectivity index (χ2n) is 3.72. The van der Waals surface area contributed by atoms with Crippen molar-refractivity contribution in [3.05, 3.63) is 60.2 Å². The minimum atomic E-state index is -0.386. The molecule has 0 aliphatic rings. The van der Waals surface area contributed by atoms with Gasteiger partial charge in [-0.15, -0.1) is 0 Å². The van der Waals surface area contributed by atoms with Gasteiger partial charge in [-0.3, -0.25) is 0 Å². The van der Waals surface area contributed by atoms with Crippen molar-refractivity contribution in [1.82, 2.24) is 0 Å². The molecule has 0 amide bonds. The fraction of sp³-hybridized carbons (Fsp3) is 0.143. The number of para-hydroxylation sites is 1. The second-order valence-corrected chi connectivity index (χ2v) is 3.72. The largest absolute Gasteiger partial charge is 0.489 e.